The zero-order valence-electron chi connectivity index (χ0n) is 13.8. The summed E-state index contributed by atoms with van der Waals surface area (Å²) < 4.78 is 0. The van der Waals surface area contributed by atoms with Gasteiger partial charge in [-0.1, -0.05) is 6.07 Å². The summed E-state index contributed by atoms with van der Waals surface area (Å²) in [6, 6.07) is 8.36. The summed E-state index contributed by atoms with van der Waals surface area (Å²) in [5.41, 5.74) is 1.94. The van der Waals surface area contributed by atoms with Crippen LogP contribution in [0.4, 0.5) is 28.8 Å². The summed E-state index contributed by atoms with van der Waals surface area (Å²) >= 11 is 0. The molecule has 8 heteroatoms. The van der Waals surface area contributed by atoms with E-state index in [-0.39, 0.29) is 17.5 Å². The SMILES string of the molecule is O=[N+]([O-])c1cnc(Nc2cccc(N3CCCC3)c2)nc1NC1CC1. The van der Waals surface area contributed by atoms with Gasteiger partial charge in [0.15, 0.2) is 0 Å². The van der Waals surface area contributed by atoms with Crippen LogP contribution in [-0.4, -0.2) is 34.0 Å². The number of rotatable bonds is 6. The maximum absolute atomic E-state index is 11.1. The first-order valence-electron chi connectivity index (χ1n) is 8.59. The molecule has 2 fully saturated rings. The Morgan fingerprint density at radius 1 is 1.24 bits per heavy atom. The van der Waals surface area contributed by atoms with E-state index >= 15 is 0 Å². The Bertz CT molecular complexity index is 786. The smallest absolute Gasteiger partial charge is 0.329 e. The van der Waals surface area contributed by atoms with Gasteiger partial charge in [0, 0.05) is 30.5 Å². The molecule has 2 aromatic rings. The van der Waals surface area contributed by atoms with Crippen molar-refractivity contribution in [2.45, 2.75) is 31.7 Å². The first-order chi connectivity index (χ1) is 12.2. The Labute approximate surface area is 145 Å². The average Bonchev–Trinajstić information content (AvgIpc) is 3.24. The van der Waals surface area contributed by atoms with Gasteiger partial charge in [-0.05, 0) is 43.9 Å². The van der Waals surface area contributed by atoms with Crippen molar-refractivity contribution in [1.82, 2.24) is 9.97 Å². The van der Waals surface area contributed by atoms with Crippen molar-refractivity contribution in [3.8, 4) is 0 Å². The summed E-state index contributed by atoms with van der Waals surface area (Å²) in [5.74, 6) is 0.632. The molecule has 130 valence electrons. The fraction of sp³-hybridized carbons (Fsp3) is 0.412. The van der Waals surface area contributed by atoms with E-state index in [0.717, 1.165) is 31.6 Å². The molecule has 8 nitrogen and oxygen atoms in total. The van der Waals surface area contributed by atoms with Gasteiger partial charge in [0.05, 0.1) is 4.92 Å². The third-order valence-corrected chi connectivity index (χ3v) is 4.46. The van der Waals surface area contributed by atoms with Crippen LogP contribution in [0.1, 0.15) is 25.7 Å². The summed E-state index contributed by atoms with van der Waals surface area (Å²) in [7, 11) is 0. The molecule has 0 bridgehead atoms. The molecule has 2 heterocycles. The second-order valence-corrected chi connectivity index (χ2v) is 6.47. The molecule has 25 heavy (non-hydrogen) atoms. The van der Waals surface area contributed by atoms with E-state index in [2.05, 4.69) is 37.6 Å². The zero-order chi connectivity index (χ0) is 17.2. The number of aromatic nitrogens is 2. The summed E-state index contributed by atoms with van der Waals surface area (Å²) in [6.07, 6.45) is 5.73. The van der Waals surface area contributed by atoms with Crippen LogP contribution in [0.3, 0.4) is 0 Å². The Kier molecular flexibility index (Phi) is 4.09. The van der Waals surface area contributed by atoms with Crippen LogP contribution in [0, 0.1) is 10.1 Å². The Balaban J connectivity index is 1.55. The molecular weight excluding hydrogens is 320 g/mol. The highest BCUT2D eigenvalue weighted by molar-refractivity contribution is 5.65. The minimum absolute atomic E-state index is 0.0942. The van der Waals surface area contributed by atoms with Gasteiger partial charge in [0.25, 0.3) is 0 Å². The van der Waals surface area contributed by atoms with Crippen molar-refractivity contribution in [2.24, 2.45) is 0 Å². The predicted octanol–water partition coefficient (Wildman–Crippen LogP) is 3.30. The molecule has 2 aliphatic rings. The minimum Gasteiger partial charge on any atom is -0.371 e. The van der Waals surface area contributed by atoms with E-state index < -0.39 is 4.92 Å². The molecular formula is C17H20N6O2. The standard InChI is InChI=1S/C17H20N6O2/c24-23(25)15-11-18-17(21-16(15)19-12-6-7-12)20-13-4-3-5-14(10-13)22-8-1-2-9-22/h3-5,10-12H,1-2,6-9H2,(H2,18,19,20,21). The van der Waals surface area contributed by atoms with Gasteiger partial charge in [0.1, 0.15) is 6.20 Å². The molecule has 1 aliphatic heterocycles. The van der Waals surface area contributed by atoms with E-state index in [4.69, 9.17) is 0 Å². The van der Waals surface area contributed by atoms with Crippen LogP contribution >= 0.6 is 0 Å². The average molecular weight is 340 g/mol. The molecule has 1 aromatic heterocycles. The lowest BCUT2D eigenvalue weighted by molar-refractivity contribution is -0.384. The van der Waals surface area contributed by atoms with Gasteiger partial charge in [-0.25, -0.2) is 4.98 Å². The summed E-state index contributed by atoms with van der Waals surface area (Å²) in [6.45, 7) is 2.15. The number of anilines is 4. The van der Waals surface area contributed by atoms with Gasteiger partial charge < -0.3 is 15.5 Å². The van der Waals surface area contributed by atoms with Crippen LogP contribution < -0.4 is 15.5 Å². The largest absolute Gasteiger partial charge is 0.371 e. The van der Waals surface area contributed by atoms with E-state index in [9.17, 15) is 10.1 Å². The number of nitrogens with zero attached hydrogens (tertiary/aromatic N) is 4. The lowest BCUT2D eigenvalue weighted by atomic mass is 10.2. The summed E-state index contributed by atoms with van der Waals surface area (Å²) in [5, 5.41) is 17.4. The van der Waals surface area contributed by atoms with Gasteiger partial charge in [-0.15, -0.1) is 0 Å². The van der Waals surface area contributed by atoms with Crippen LogP contribution in [0.15, 0.2) is 30.5 Å². The molecule has 0 amide bonds. The Morgan fingerprint density at radius 2 is 2.04 bits per heavy atom. The second-order valence-electron chi connectivity index (χ2n) is 6.47. The monoisotopic (exact) mass is 340 g/mol. The van der Waals surface area contributed by atoms with Crippen molar-refractivity contribution in [3.63, 3.8) is 0 Å². The summed E-state index contributed by atoms with van der Waals surface area (Å²) in [4.78, 5) is 21.4. The van der Waals surface area contributed by atoms with E-state index in [1.165, 1.54) is 24.7 Å². The van der Waals surface area contributed by atoms with Crippen LogP contribution in [0.2, 0.25) is 0 Å². The first kappa shape index (κ1) is 15.6. The van der Waals surface area contributed by atoms with Crippen molar-refractivity contribution < 1.29 is 4.92 Å². The normalized spacial score (nSPS) is 16.7. The fourth-order valence-electron chi connectivity index (χ4n) is 2.98. The minimum atomic E-state index is -0.456. The van der Waals surface area contributed by atoms with Crippen molar-refractivity contribution in [1.29, 1.82) is 0 Å². The number of benzene rings is 1. The van der Waals surface area contributed by atoms with Crippen molar-refractivity contribution in [3.05, 3.63) is 40.6 Å². The zero-order valence-corrected chi connectivity index (χ0v) is 13.8. The molecule has 2 N–H and O–H groups in total. The molecule has 4 rings (SSSR count). The van der Waals surface area contributed by atoms with E-state index in [1.54, 1.807) is 0 Å². The number of hydrogen-bond donors (Lipinski definition) is 2. The Morgan fingerprint density at radius 3 is 2.76 bits per heavy atom. The van der Waals surface area contributed by atoms with Crippen molar-refractivity contribution in [2.75, 3.05) is 28.6 Å². The van der Waals surface area contributed by atoms with E-state index in [1.807, 2.05) is 12.1 Å². The van der Waals surface area contributed by atoms with Crippen LogP contribution in [-0.2, 0) is 0 Å². The molecule has 1 aromatic carbocycles. The van der Waals surface area contributed by atoms with Gasteiger partial charge in [-0.3, -0.25) is 10.1 Å². The Hall–Kier alpha value is -2.90. The third-order valence-electron chi connectivity index (χ3n) is 4.46. The lowest BCUT2D eigenvalue weighted by Gasteiger charge is -2.18. The van der Waals surface area contributed by atoms with Gasteiger partial charge >= 0.3 is 5.69 Å². The maximum Gasteiger partial charge on any atom is 0.329 e. The molecule has 0 atom stereocenters. The maximum atomic E-state index is 11.1. The van der Waals surface area contributed by atoms with Gasteiger partial charge in [0.2, 0.25) is 11.8 Å². The van der Waals surface area contributed by atoms with Crippen LogP contribution in [0.5, 0.6) is 0 Å². The van der Waals surface area contributed by atoms with Gasteiger partial charge in [-0.2, -0.15) is 4.98 Å². The number of nitro groups is 1. The molecule has 1 saturated heterocycles. The lowest BCUT2D eigenvalue weighted by Crippen LogP contribution is -2.17. The molecule has 1 saturated carbocycles. The second kappa shape index (κ2) is 6.54. The number of hydrogen-bond acceptors (Lipinski definition) is 7. The molecule has 1 aliphatic carbocycles. The quantitative estimate of drug-likeness (QED) is 0.615. The highest BCUT2D eigenvalue weighted by Crippen LogP contribution is 2.30. The predicted molar refractivity (Wildman–Crippen MR) is 96.5 cm³/mol. The third kappa shape index (κ3) is 3.62. The fourth-order valence-corrected chi connectivity index (χ4v) is 2.98. The molecule has 0 unspecified atom stereocenters. The van der Waals surface area contributed by atoms with E-state index in [0.29, 0.717) is 5.95 Å². The molecule has 0 spiro atoms. The van der Waals surface area contributed by atoms with Crippen LogP contribution in [0.25, 0.3) is 0 Å². The number of nitrogens with one attached hydrogen (secondary N) is 2. The highest BCUT2D eigenvalue weighted by Gasteiger charge is 2.26. The molecule has 0 radical (unpaired) electrons. The first-order valence-corrected chi connectivity index (χ1v) is 8.59. The topological polar surface area (TPSA) is 96.2 Å². The highest BCUT2D eigenvalue weighted by atomic mass is 16.6. The van der Waals surface area contributed by atoms with Crippen molar-refractivity contribution >= 4 is 28.8 Å².